The second-order valence-corrected chi connectivity index (χ2v) is 8.40. The molecule has 0 aliphatic carbocycles. The Labute approximate surface area is 182 Å². The Kier molecular flexibility index (Phi) is 7.32. The molecule has 1 amide bonds. The molecule has 30 heavy (non-hydrogen) atoms. The van der Waals surface area contributed by atoms with Crippen LogP contribution in [0.25, 0.3) is 16.6 Å². The molecule has 158 valence electrons. The number of carbonyl (C=O) groups is 1. The molecule has 0 N–H and O–H groups in total. The minimum absolute atomic E-state index is 0.0643. The molecule has 0 unspecified atom stereocenters. The van der Waals surface area contributed by atoms with Crippen LogP contribution in [-0.4, -0.2) is 39.2 Å². The first kappa shape index (κ1) is 22.1. The number of fused-ring (bicyclic) bond motifs is 1. The first-order chi connectivity index (χ1) is 14.5. The summed E-state index contributed by atoms with van der Waals surface area (Å²) >= 11 is 1.53. The van der Waals surface area contributed by atoms with Gasteiger partial charge in [-0.25, -0.2) is 4.98 Å². The van der Waals surface area contributed by atoms with Crippen molar-refractivity contribution in [3.63, 3.8) is 0 Å². The summed E-state index contributed by atoms with van der Waals surface area (Å²) in [7, 11) is 0. The lowest BCUT2D eigenvalue weighted by Gasteiger charge is -2.18. The quantitative estimate of drug-likeness (QED) is 0.298. The van der Waals surface area contributed by atoms with Crippen molar-refractivity contribution in [2.45, 2.75) is 45.7 Å². The molecule has 0 radical (unpaired) electrons. The molecule has 1 heterocycles. The van der Waals surface area contributed by atoms with E-state index in [0.717, 1.165) is 36.5 Å². The van der Waals surface area contributed by atoms with Gasteiger partial charge in [0.15, 0.2) is 5.16 Å². The maximum atomic E-state index is 13.3. The van der Waals surface area contributed by atoms with E-state index in [-0.39, 0.29) is 11.5 Å². The number of thioether (sulfide) groups is 1. The molecule has 0 fully saturated rings. The van der Waals surface area contributed by atoms with Crippen LogP contribution in [0.5, 0.6) is 0 Å². The molecular weight excluding hydrogens is 394 g/mol. The summed E-state index contributed by atoms with van der Waals surface area (Å²) in [4.78, 5) is 32.2. The molecule has 2 aromatic carbocycles. The molecule has 0 bridgehead atoms. The first-order valence-corrected chi connectivity index (χ1v) is 11.4. The van der Waals surface area contributed by atoms with Crippen LogP contribution < -0.4 is 5.56 Å². The Hall–Kier alpha value is -2.60. The molecule has 0 saturated heterocycles. The van der Waals surface area contributed by atoms with Crippen LogP contribution in [0, 0.1) is 13.8 Å². The Balaban J connectivity index is 1.90. The molecular formula is C24H29N3O2S. The van der Waals surface area contributed by atoms with Crippen molar-refractivity contribution < 1.29 is 4.79 Å². The summed E-state index contributed by atoms with van der Waals surface area (Å²) in [5, 5.41) is 1.27. The molecule has 6 heteroatoms. The Morgan fingerprint density at radius 1 is 1.07 bits per heavy atom. The number of nitrogens with zero attached hydrogens (tertiary/aromatic N) is 3. The fraction of sp³-hybridized carbons (Fsp3) is 0.375. The minimum Gasteiger partial charge on any atom is -0.343 e. The van der Waals surface area contributed by atoms with E-state index in [9.17, 15) is 9.59 Å². The predicted molar refractivity (Wildman–Crippen MR) is 125 cm³/mol. The normalized spacial score (nSPS) is 11.1. The van der Waals surface area contributed by atoms with Crippen molar-refractivity contribution in [3.8, 4) is 5.69 Å². The summed E-state index contributed by atoms with van der Waals surface area (Å²) in [6, 6.07) is 13.5. The molecule has 0 saturated carbocycles. The fourth-order valence-corrected chi connectivity index (χ4v) is 4.37. The number of benzene rings is 2. The highest BCUT2D eigenvalue weighted by Gasteiger charge is 2.15. The van der Waals surface area contributed by atoms with Crippen LogP contribution in [-0.2, 0) is 4.79 Å². The van der Waals surface area contributed by atoms with E-state index in [1.807, 2.05) is 68.1 Å². The summed E-state index contributed by atoms with van der Waals surface area (Å²) in [5.74, 6) is 0.904. The van der Waals surface area contributed by atoms with Gasteiger partial charge in [-0.1, -0.05) is 30.0 Å². The molecule has 0 aliphatic heterocycles. The highest BCUT2D eigenvalue weighted by molar-refractivity contribution is 7.99. The summed E-state index contributed by atoms with van der Waals surface area (Å²) in [5.41, 5.74) is 3.77. The average molecular weight is 424 g/mol. The van der Waals surface area contributed by atoms with Crippen LogP contribution in [0.3, 0.4) is 0 Å². The number of carbonyl (C=O) groups excluding carboxylic acids is 1. The zero-order chi connectivity index (χ0) is 21.7. The fourth-order valence-electron chi connectivity index (χ4n) is 3.42. The van der Waals surface area contributed by atoms with E-state index in [2.05, 4.69) is 6.92 Å². The van der Waals surface area contributed by atoms with Gasteiger partial charge in [0.05, 0.1) is 16.6 Å². The molecule has 1 aromatic heterocycles. The van der Waals surface area contributed by atoms with Gasteiger partial charge in [-0.2, -0.15) is 0 Å². The second kappa shape index (κ2) is 9.94. The van der Waals surface area contributed by atoms with Crippen molar-refractivity contribution in [2.24, 2.45) is 0 Å². The maximum absolute atomic E-state index is 13.3. The Bertz CT molecular complexity index is 1100. The largest absolute Gasteiger partial charge is 0.343 e. The van der Waals surface area contributed by atoms with E-state index < -0.39 is 0 Å². The van der Waals surface area contributed by atoms with Crippen LogP contribution in [0.2, 0.25) is 0 Å². The molecule has 0 aliphatic rings. The monoisotopic (exact) mass is 423 g/mol. The average Bonchev–Trinajstić information content (AvgIpc) is 2.74. The van der Waals surface area contributed by atoms with Crippen molar-refractivity contribution in [1.82, 2.24) is 14.5 Å². The van der Waals surface area contributed by atoms with E-state index in [1.54, 1.807) is 4.57 Å². The van der Waals surface area contributed by atoms with E-state index in [4.69, 9.17) is 4.98 Å². The smallest absolute Gasteiger partial charge is 0.266 e. The van der Waals surface area contributed by atoms with Gasteiger partial charge >= 0.3 is 0 Å². The Morgan fingerprint density at radius 3 is 2.50 bits per heavy atom. The third kappa shape index (κ3) is 4.75. The zero-order valence-corrected chi connectivity index (χ0v) is 19.0. The SMILES string of the molecule is CCN(CC)C(=O)CCCSc1nc2ccccc2c(=O)n1-c1ccc(C)c(C)c1. The van der Waals surface area contributed by atoms with Gasteiger partial charge in [0.25, 0.3) is 5.56 Å². The van der Waals surface area contributed by atoms with Crippen LogP contribution in [0.1, 0.15) is 37.8 Å². The minimum atomic E-state index is -0.0643. The lowest BCUT2D eigenvalue weighted by Crippen LogP contribution is -2.30. The third-order valence-electron chi connectivity index (χ3n) is 5.38. The number of rotatable bonds is 8. The van der Waals surface area contributed by atoms with Gasteiger partial charge in [0, 0.05) is 25.3 Å². The van der Waals surface area contributed by atoms with Crippen LogP contribution in [0.15, 0.2) is 52.4 Å². The molecule has 3 aromatic rings. The number of amides is 1. The lowest BCUT2D eigenvalue weighted by molar-refractivity contribution is -0.130. The van der Waals surface area contributed by atoms with E-state index in [1.165, 1.54) is 17.3 Å². The Morgan fingerprint density at radius 2 is 1.80 bits per heavy atom. The van der Waals surface area contributed by atoms with Crippen LogP contribution >= 0.6 is 11.8 Å². The molecule has 3 rings (SSSR count). The topological polar surface area (TPSA) is 55.2 Å². The number of para-hydroxylation sites is 1. The summed E-state index contributed by atoms with van der Waals surface area (Å²) < 4.78 is 1.70. The second-order valence-electron chi connectivity index (χ2n) is 7.34. The zero-order valence-electron chi connectivity index (χ0n) is 18.1. The summed E-state index contributed by atoms with van der Waals surface area (Å²) in [6.45, 7) is 9.57. The van der Waals surface area contributed by atoms with Gasteiger partial charge in [-0.3, -0.25) is 14.2 Å². The molecule has 0 atom stereocenters. The number of aromatic nitrogens is 2. The molecule has 0 spiro atoms. The van der Waals surface area contributed by atoms with E-state index >= 15 is 0 Å². The summed E-state index contributed by atoms with van der Waals surface area (Å²) in [6.07, 6.45) is 1.26. The lowest BCUT2D eigenvalue weighted by atomic mass is 10.1. The maximum Gasteiger partial charge on any atom is 0.266 e. The third-order valence-corrected chi connectivity index (χ3v) is 6.40. The van der Waals surface area contributed by atoms with Gasteiger partial charge in [0.1, 0.15) is 0 Å². The molecule has 5 nitrogen and oxygen atoms in total. The predicted octanol–water partition coefficient (Wildman–Crippen LogP) is 4.74. The van der Waals surface area contributed by atoms with Gasteiger partial charge in [-0.05, 0) is 69.5 Å². The van der Waals surface area contributed by atoms with E-state index in [0.29, 0.717) is 22.5 Å². The number of aryl methyl sites for hydroxylation is 2. The van der Waals surface area contributed by atoms with Crippen molar-refractivity contribution >= 4 is 28.6 Å². The van der Waals surface area contributed by atoms with Gasteiger partial charge in [-0.15, -0.1) is 0 Å². The van der Waals surface area contributed by atoms with Crippen LogP contribution in [0.4, 0.5) is 0 Å². The number of hydrogen-bond donors (Lipinski definition) is 0. The number of hydrogen-bond acceptors (Lipinski definition) is 4. The first-order valence-electron chi connectivity index (χ1n) is 10.5. The van der Waals surface area contributed by atoms with Crippen molar-refractivity contribution in [3.05, 3.63) is 63.9 Å². The highest BCUT2D eigenvalue weighted by atomic mass is 32.2. The van der Waals surface area contributed by atoms with Crippen molar-refractivity contribution in [2.75, 3.05) is 18.8 Å². The standard InChI is InChI=1S/C24H29N3O2S/c1-5-26(6-2)22(28)12-9-15-30-24-25-21-11-8-7-10-20(21)23(29)27(24)19-14-13-17(3)18(4)16-19/h7-8,10-11,13-14,16H,5-6,9,12,15H2,1-4H3. The van der Waals surface area contributed by atoms with Gasteiger partial charge in [0.2, 0.25) is 5.91 Å². The van der Waals surface area contributed by atoms with Gasteiger partial charge < -0.3 is 4.90 Å². The van der Waals surface area contributed by atoms with Crippen molar-refractivity contribution in [1.29, 1.82) is 0 Å². The highest BCUT2D eigenvalue weighted by Crippen LogP contribution is 2.23.